The first kappa shape index (κ1) is 11.5. The molecule has 16 heavy (non-hydrogen) atoms. The zero-order valence-corrected chi connectivity index (χ0v) is 10.4. The number of aryl methyl sites for hydroxylation is 1. The lowest BCUT2D eigenvalue weighted by atomic mass is 9.89. The second-order valence-corrected chi connectivity index (χ2v) is 5.01. The van der Waals surface area contributed by atoms with Crippen LogP contribution in [0.1, 0.15) is 45.1 Å². The van der Waals surface area contributed by atoms with Gasteiger partial charge in [-0.2, -0.15) is 0 Å². The smallest absolute Gasteiger partial charge is 0.119 e. The van der Waals surface area contributed by atoms with Gasteiger partial charge in [-0.1, -0.05) is 32.4 Å². The fourth-order valence-corrected chi connectivity index (χ4v) is 2.52. The average molecular weight is 218 g/mol. The molecule has 1 aromatic carbocycles. The van der Waals surface area contributed by atoms with Crippen molar-refractivity contribution in [2.45, 2.75) is 52.1 Å². The maximum absolute atomic E-state index is 6.07. The second-order valence-electron chi connectivity index (χ2n) is 5.01. The predicted octanol–water partition coefficient (Wildman–Crippen LogP) is 4.21. The minimum absolute atomic E-state index is 0.441. The van der Waals surface area contributed by atoms with Gasteiger partial charge in [0.25, 0.3) is 0 Å². The lowest BCUT2D eigenvalue weighted by molar-refractivity contribution is 0.129. The zero-order valence-electron chi connectivity index (χ0n) is 10.4. The minimum atomic E-state index is 0.441. The molecular weight excluding hydrogens is 196 g/mol. The number of benzene rings is 1. The van der Waals surface area contributed by atoms with Crippen LogP contribution in [0.4, 0.5) is 0 Å². The maximum atomic E-state index is 6.07. The van der Waals surface area contributed by atoms with Crippen LogP contribution in [0.15, 0.2) is 24.3 Å². The van der Waals surface area contributed by atoms with E-state index in [0.717, 1.165) is 18.1 Å². The summed E-state index contributed by atoms with van der Waals surface area (Å²) >= 11 is 0. The van der Waals surface area contributed by atoms with E-state index in [-0.39, 0.29) is 0 Å². The Balaban J connectivity index is 1.97. The molecule has 2 rings (SSSR count). The van der Waals surface area contributed by atoms with E-state index in [0.29, 0.717) is 6.10 Å². The molecular formula is C15H22O. The molecule has 0 bridgehead atoms. The molecule has 88 valence electrons. The third kappa shape index (κ3) is 3.01. The van der Waals surface area contributed by atoms with Gasteiger partial charge >= 0.3 is 0 Å². The number of rotatable bonds is 3. The molecule has 1 heteroatoms. The summed E-state index contributed by atoms with van der Waals surface area (Å²) in [6.45, 7) is 4.51. The number of hydrogen-bond donors (Lipinski definition) is 0. The van der Waals surface area contributed by atoms with Crippen molar-refractivity contribution < 1.29 is 4.74 Å². The van der Waals surface area contributed by atoms with E-state index < -0.39 is 0 Å². The highest BCUT2D eigenvalue weighted by Gasteiger charge is 2.20. The van der Waals surface area contributed by atoms with Gasteiger partial charge in [0.05, 0.1) is 6.10 Å². The Hall–Kier alpha value is -0.980. The summed E-state index contributed by atoms with van der Waals surface area (Å²) in [4.78, 5) is 0. The van der Waals surface area contributed by atoms with Crippen LogP contribution in [-0.2, 0) is 6.42 Å². The summed E-state index contributed by atoms with van der Waals surface area (Å²) in [5, 5.41) is 0. The van der Waals surface area contributed by atoms with Crippen molar-refractivity contribution in [3.8, 4) is 5.75 Å². The molecule has 0 N–H and O–H groups in total. The quantitative estimate of drug-likeness (QED) is 0.738. The molecule has 0 aromatic heterocycles. The molecule has 0 heterocycles. The molecule has 0 spiro atoms. The van der Waals surface area contributed by atoms with E-state index in [1.807, 2.05) is 0 Å². The van der Waals surface area contributed by atoms with Crippen LogP contribution < -0.4 is 4.74 Å². The van der Waals surface area contributed by atoms with E-state index in [1.54, 1.807) is 0 Å². The largest absolute Gasteiger partial charge is 0.490 e. The summed E-state index contributed by atoms with van der Waals surface area (Å²) in [5.41, 5.74) is 1.36. The highest BCUT2D eigenvalue weighted by atomic mass is 16.5. The Morgan fingerprint density at radius 2 is 2.19 bits per heavy atom. The summed E-state index contributed by atoms with van der Waals surface area (Å²) in [7, 11) is 0. The second kappa shape index (κ2) is 5.38. The van der Waals surface area contributed by atoms with E-state index in [2.05, 4.69) is 38.1 Å². The van der Waals surface area contributed by atoms with Crippen molar-refractivity contribution in [1.29, 1.82) is 0 Å². The molecule has 1 aliphatic rings. The number of hydrogen-bond acceptors (Lipinski definition) is 1. The fraction of sp³-hybridized carbons (Fsp3) is 0.600. The summed E-state index contributed by atoms with van der Waals surface area (Å²) in [6.07, 6.45) is 6.65. The Morgan fingerprint density at radius 1 is 1.31 bits per heavy atom. The van der Waals surface area contributed by atoms with Crippen LogP contribution in [0, 0.1) is 5.92 Å². The first-order valence-corrected chi connectivity index (χ1v) is 6.53. The Labute approximate surface area is 98.8 Å². The highest BCUT2D eigenvalue weighted by Crippen LogP contribution is 2.27. The molecule has 1 aliphatic carbocycles. The van der Waals surface area contributed by atoms with Gasteiger partial charge < -0.3 is 4.74 Å². The molecule has 1 fully saturated rings. The van der Waals surface area contributed by atoms with Gasteiger partial charge in [0.1, 0.15) is 5.75 Å². The van der Waals surface area contributed by atoms with E-state index in [4.69, 9.17) is 4.74 Å². The third-order valence-electron chi connectivity index (χ3n) is 3.50. The van der Waals surface area contributed by atoms with Crippen LogP contribution in [0.2, 0.25) is 0 Å². The zero-order chi connectivity index (χ0) is 11.4. The molecule has 1 nitrogen and oxygen atoms in total. The molecule has 1 saturated carbocycles. The van der Waals surface area contributed by atoms with Crippen LogP contribution in [0.25, 0.3) is 0 Å². The molecule has 0 saturated heterocycles. The molecule has 2 unspecified atom stereocenters. The minimum Gasteiger partial charge on any atom is -0.490 e. The fourth-order valence-electron chi connectivity index (χ4n) is 2.52. The van der Waals surface area contributed by atoms with Gasteiger partial charge in [0.15, 0.2) is 0 Å². The lowest BCUT2D eigenvalue weighted by Gasteiger charge is -2.27. The monoisotopic (exact) mass is 218 g/mol. The van der Waals surface area contributed by atoms with E-state index in [9.17, 15) is 0 Å². The van der Waals surface area contributed by atoms with Crippen molar-refractivity contribution in [2.24, 2.45) is 5.92 Å². The van der Waals surface area contributed by atoms with Crippen LogP contribution in [-0.4, -0.2) is 6.10 Å². The van der Waals surface area contributed by atoms with Gasteiger partial charge in [0.2, 0.25) is 0 Å². The van der Waals surface area contributed by atoms with Gasteiger partial charge in [-0.25, -0.2) is 0 Å². The van der Waals surface area contributed by atoms with Gasteiger partial charge in [-0.3, -0.25) is 0 Å². The Kier molecular flexibility index (Phi) is 3.87. The van der Waals surface area contributed by atoms with Crippen molar-refractivity contribution in [2.75, 3.05) is 0 Å². The average Bonchev–Trinajstić information content (AvgIpc) is 2.29. The van der Waals surface area contributed by atoms with Crippen LogP contribution >= 0.6 is 0 Å². The Bertz CT molecular complexity index is 332. The van der Waals surface area contributed by atoms with E-state index in [1.165, 1.54) is 31.2 Å². The lowest BCUT2D eigenvalue weighted by Crippen LogP contribution is -2.24. The molecule has 0 aliphatic heterocycles. The molecule has 1 aromatic rings. The van der Waals surface area contributed by atoms with Gasteiger partial charge in [-0.05, 0) is 49.3 Å². The van der Waals surface area contributed by atoms with Crippen molar-refractivity contribution in [3.63, 3.8) is 0 Å². The topological polar surface area (TPSA) is 9.23 Å². The highest BCUT2D eigenvalue weighted by molar-refractivity contribution is 5.28. The first-order valence-electron chi connectivity index (χ1n) is 6.53. The standard InChI is InChI=1S/C15H22O/c1-3-13-7-5-9-15(11-13)16-14-8-4-6-12(2)10-14/h5,7,9,11-12,14H,3-4,6,8,10H2,1-2H3. The normalized spacial score (nSPS) is 25.4. The van der Waals surface area contributed by atoms with E-state index >= 15 is 0 Å². The number of ether oxygens (including phenoxy) is 1. The molecule has 0 radical (unpaired) electrons. The Morgan fingerprint density at radius 3 is 2.94 bits per heavy atom. The third-order valence-corrected chi connectivity index (χ3v) is 3.50. The van der Waals surface area contributed by atoms with Gasteiger partial charge in [0, 0.05) is 0 Å². The molecule has 2 atom stereocenters. The van der Waals surface area contributed by atoms with Crippen molar-refractivity contribution in [1.82, 2.24) is 0 Å². The van der Waals surface area contributed by atoms with Crippen molar-refractivity contribution >= 4 is 0 Å². The SMILES string of the molecule is CCc1cccc(OC2CCCC(C)C2)c1. The van der Waals surface area contributed by atoms with Crippen molar-refractivity contribution in [3.05, 3.63) is 29.8 Å². The van der Waals surface area contributed by atoms with Crippen LogP contribution in [0.5, 0.6) is 5.75 Å². The summed E-state index contributed by atoms with van der Waals surface area (Å²) < 4.78 is 6.07. The summed E-state index contributed by atoms with van der Waals surface area (Å²) in [5.74, 6) is 1.88. The maximum Gasteiger partial charge on any atom is 0.119 e. The van der Waals surface area contributed by atoms with Gasteiger partial charge in [-0.15, -0.1) is 0 Å². The van der Waals surface area contributed by atoms with Crippen LogP contribution in [0.3, 0.4) is 0 Å². The first-order chi connectivity index (χ1) is 7.78. The summed E-state index contributed by atoms with van der Waals surface area (Å²) in [6, 6.07) is 8.52. The molecule has 0 amide bonds. The predicted molar refractivity (Wildman–Crippen MR) is 67.9 cm³/mol.